The molecule has 0 bridgehead atoms. The van der Waals surface area contributed by atoms with E-state index in [4.69, 9.17) is 4.74 Å². The maximum absolute atomic E-state index is 6.13. The molecule has 0 aliphatic carbocycles. The topological polar surface area (TPSA) is 14.2 Å². The third-order valence-electron chi connectivity index (χ3n) is 4.80. The van der Waals surface area contributed by atoms with E-state index in [0.717, 1.165) is 31.6 Å². The fraction of sp³-hybridized carbons (Fsp3) is 0.417. The van der Waals surface area contributed by atoms with Gasteiger partial charge in [-0.3, -0.25) is 0 Å². The molecule has 0 aliphatic heterocycles. The molecule has 138 valence electrons. The van der Waals surface area contributed by atoms with Gasteiger partial charge in [-0.15, -0.1) is 0 Å². The van der Waals surface area contributed by atoms with Gasteiger partial charge in [0.1, 0.15) is 11.4 Å². The summed E-state index contributed by atoms with van der Waals surface area (Å²) in [6, 6.07) is 17.3. The Morgan fingerprint density at radius 3 is 2.35 bits per heavy atom. The van der Waals surface area contributed by atoms with Gasteiger partial charge in [-0.25, -0.2) is 0 Å². The molecule has 3 rings (SSSR count). The molecular formula is C24H31NO. The molecule has 2 aromatic carbocycles. The van der Waals surface area contributed by atoms with Crippen molar-refractivity contribution < 1.29 is 4.74 Å². The second-order valence-electron chi connectivity index (χ2n) is 8.09. The average Bonchev–Trinajstić information content (AvgIpc) is 2.84. The summed E-state index contributed by atoms with van der Waals surface area (Å²) in [6.07, 6.45) is 3.27. The molecule has 0 atom stereocenters. The number of aromatic nitrogens is 1. The number of nitrogens with zero attached hydrogens (tertiary/aromatic N) is 1. The van der Waals surface area contributed by atoms with Crippen molar-refractivity contribution >= 4 is 10.9 Å². The molecule has 0 amide bonds. The SMILES string of the molecule is CCCn1c(C)c(CCc2ccccc2)c2cc(OC(C)(C)C)ccc21. The Kier molecular flexibility index (Phi) is 5.41. The zero-order valence-electron chi connectivity index (χ0n) is 16.8. The van der Waals surface area contributed by atoms with Crippen LogP contribution in [0.2, 0.25) is 0 Å². The highest BCUT2D eigenvalue weighted by molar-refractivity contribution is 5.87. The van der Waals surface area contributed by atoms with Gasteiger partial charge in [0.25, 0.3) is 0 Å². The molecule has 0 spiro atoms. The third-order valence-corrected chi connectivity index (χ3v) is 4.80. The minimum absolute atomic E-state index is 0.182. The van der Waals surface area contributed by atoms with Crippen LogP contribution in [0.25, 0.3) is 10.9 Å². The number of aryl methyl sites for hydroxylation is 3. The first-order chi connectivity index (χ1) is 12.4. The van der Waals surface area contributed by atoms with Crippen LogP contribution in [0.5, 0.6) is 5.75 Å². The summed E-state index contributed by atoms with van der Waals surface area (Å²) < 4.78 is 8.60. The Hall–Kier alpha value is -2.22. The summed E-state index contributed by atoms with van der Waals surface area (Å²) in [5, 5.41) is 1.34. The fourth-order valence-corrected chi connectivity index (χ4v) is 3.69. The molecule has 2 heteroatoms. The van der Waals surface area contributed by atoms with E-state index in [9.17, 15) is 0 Å². The van der Waals surface area contributed by atoms with E-state index in [-0.39, 0.29) is 5.60 Å². The van der Waals surface area contributed by atoms with Crippen LogP contribution in [-0.4, -0.2) is 10.2 Å². The third kappa shape index (κ3) is 4.12. The van der Waals surface area contributed by atoms with Crippen molar-refractivity contribution in [2.45, 2.75) is 66.0 Å². The summed E-state index contributed by atoms with van der Waals surface area (Å²) in [6.45, 7) is 11.9. The van der Waals surface area contributed by atoms with E-state index in [1.807, 2.05) is 0 Å². The van der Waals surface area contributed by atoms with Gasteiger partial charge in [-0.05, 0) is 76.3 Å². The fourth-order valence-electron chi connectivity index (χ4n) is 3.69. The molecule has 0 fully saturated rings. The van der Waals surface area contributed by atoms with Crippen molar-refractivity contribution in [3.8, 4) is 5.75 Å². The zero-order chi connectivity index (χ0) is 18.7. The Labute approximate surface area is 157 Å². The van der Waals surface area contributed by atoms with Crippen LogP contribution in [0, 0.1) is 6.92 Å². The minimum Gasteiger partial charge on any atom is -0.488 e. The van der Waals surface area contributed by atoms with Gasteiger partial charge in [0.15, 0.2) is 0 Å². The summed E-state index contributed by atoms with van der Waals surface area (Å²) in [4.78, 5) is 0. The number of ether oxygens (including phenoxy) is 1. The van der Waals surface area contributed by atoms with E-state index in [0.29, 0.717) is 0 Å². The van der Waals surface area contributed by atoms with Crippen molar-refractivity contribution in [2.24, 2.45) is 0 Å². The van der Waals surface area contributed by atoms with Gasteiger partial charge in [-0.2, -0.15) is 0 Å². The number of hydrogen-bond acceptors (Lipinski definition) is 1. The minimum atomic E-state index is -0.182. The maximum atomic E-state index is 6.13. The number of rotatable bonds is 6. The molecule has 1 heterocycles. The van der Waals surface area contributed by atoms with E-state index in [1.165, 1.54) is 27.7 Å². The van der Waals surface area contributed by atoms with Crippen LogP contribution >= 0.6 is 0 Å². The standard InChI is InChI=1S/C24H31NO/c1-6-16-25-18(2)21(14-12-19-10-8-7-9-11-19)22-17-20(13-15-23(22)25)26-24(3,4)5/h7-11,13,15,17H,6,12,14,16H2,1-5H3. The van der Waals surface area contributed by atoms with E-state index >= 15 is 0 Å². The second kappa shape index (κ2) is 7.57. The molecule has 2 nitrogen and oxygen atoms in total. The summed E-state index contributed by atoms with van der Waals surface area (Å²) in [5.74, 6) is 0.958. The number of hydrogen-bond donors (Lipinski definition) is 0. The molecule has 3 aromatic rings. The van der Waals surface area contributed by atoms with Gasteiger partial charge in [0, 0.05) is 23.1 Å². The summed E-state index contributed by atoms with van der Waals surface area (Å²) >= 11 is 0. The lowest BCUT2D eigenvalue weighted by atomic mass is 10.0. The lowest BCUT2D eigenvalue weighted by Crippen LogP contribution is -2.22. The zero-order valence-corrected chi connectivity index (χ0v) is 16.8. The second-order valence-corrected chi connectivity index (χ2v) is 8.09. The highest BCUT2D eigenvalue weighted by Gasteiger charge is 2.17. The van der Waals surface area contributed by atoms with Crippen molar-refractivity contribution in [2.75, 3.05) is 0 Å². The van der Waals surface area contributed by atoms with Gasteiger partial charge >= 0.3 is 0 Å². The predicted molar refractivity (Wildman–Crippen MR) is 111 cm³/mol. The molecule has 0 unspecified atom stereocenters. The number of benzene rings is 2. The molecule has 0 saturated heterocycles. The van der Waals surface area contributed by atoms with Crippen molar-refractivity contribution in [1.29, 1.82) is 0 Å². The first-order valence-corrected chi connectivity index (χ1v) is 9.73. The van der Waals surface area contributed by atoms with Gasteiger partial charge < -0.3 is 9.30 Å². The smallest absolute Gasteiger partial charge is 0.120 e. The van der Waals surface area contributed by atoms with Crippen LogP contribution < -0.4 is 4.74 Å². The van der Waals surface area contributed by atoms with Gasteiger partial charge in [-0.1, -0.05) is 37.3 Å². The first kappa shape index (κ1) is 18.6. The lowest BCUT2D eigenvalue weighted by molar-refractivity contribution is 0.131. The maximum Gasteiger partial charge on any atom is 0.120 e. The van der Waals surface area contributed by atoms with E-state index < -0.39 is 0 Å². The monoisotopic (exact) mass is 349 g/mol. The molecule has 0 radical (unpaired) electrons. The Balaban J connectivity index is 2.00. The summed E-state index contributed by atoms with van der Waals surface area (Å²) in [7, 11) is 0. The molecule has 0 N–H and O–H groups in total. The number of fused-ring (bicyclic) bond motifs is 1. The van der Waals surface area contributed by atoms with Crippen LogP contribution in [-0.2, 0) is 19.4 Å². The molecule has 0 aliphatic rings. The molecule has 26 heavy (non-hydrogen) atoms. The average molecular weight is 350 g/mol. The summed E-state index contributed by atoms with van der Waals surface area (Å²) in [5.41, 5.74) is 5.39. The van der Waals surface area contributed by atoms with Crippen LogP contribution in [0.4, 0.5) is 0 Å². The van der Waals surface area contributed by atoms with Crippen LogP contribution in [0.1, 0.15) is 50.9 Å². The Morgan fingerprint density at radius 2 is 1.69 bits per heavy atom. The van der Waals surface area contributed by atoms with Gasteiger partial charge in [0.05, 0.1) is 0 Å². The quantitative estimate of drug-likeness (QED) is 0.508. The molecule has 0 saturated carbocycles. The highest BCUT2D eigenvalue weighted by Crippen LogP contribution is 2.32. The Morgan fingerprint density at radius 1 is 0.962 bits per heavy atom. The van der Waals surface area contributed by atoms with Crippen molar-refractivity contribution in [1.82, 2.24) is 4.57 Å². The highest BCUT2D eigenvalue weighted by atomic mass is 16.5. The largest absolute Gasteiger partial charge is 0.488 e. The van der Waals surface area contributed by atoms with E-state index in [2.05, 4.69) is 87.7 Å². The lowest BCUT2D eigenvalue weighted by Gasteiger charge is -2.21. The van der Waals surface area contributed by atoms with Crippen LogP contribution in [0.3, 0.4) is 0 Å². The molecular weight excluding hydrogens is 318 g/mol. The normalized spacial score (nSPS) is 11.9. The molecule has 1 aromatic heterocycles. The Bertz CT molecular complexity index is 869. The van der Waals surface area contributed by atoms with Crippen LogP contribution in [0.15, 0.2) is 48.5 Å². The van der Waals surface area contributed by atoms with Crippen molar-refractivity contribution in [3.05, 3.63) is 65.4 Å². The van der Waals surface area contributed by atoms with Gasteiger partial charge in [0.2, 0.25) is 0 Å². The predicted octanol–water partition coefficient (Wildman–Crippen LogP) is 6.32. The first-order valence-electron chi connectivity index (χ1n) is 9.73. The van der Waals surface area contributed by atoms with Crippen molar-refractivity contribution in [3.63, 3.8) is 0 Å². The van der Waals surface area contributed by atoms with E-state index in [1.54, 1.807) is 0 Å².